The average Bonchev–Trinajstić information content (AvgIpc) is 2.69. The van der Waals surface area contributed by atoms with Crippen LogP contribution < -0.4 is 14.8 Å². The molecule has 2 aromatic carbocycles. The van der Waals surface area contributed by atoms with E-state index in [0.717, 1.165) is 45.8 Å². The molecule has 1 heterocycles. The fourth-order valence-electron chi connectivity index (χ4n) is 2.79. The summed E-state index contributed by atoms with van der Waals surface area (Å²) in [5.41, 5.74) is 4.64. The maximum atomic E-state index is 6.05. The lowest BCUT2D eigenvalue weighted by molar-refractivity contribution is 0.281. The molecule has 0 amide bonds. The molecule has 0 saturated heterocycles. The number of benzene rings is 2. The van der Waals surface area contributed by atoms with Crippen LogP contribution in [-0.4, -0.2) is 12.1 Å². The van der Waals surface area contributed by atoms with E-state index >= 15 is 0 Å². The number of nitrogens with zero attached hydrogens (tertiary/aromatic N) is 1. The number of pyridine rings is 1. The number of rotatable bonds is 8. The van der Waals surface area contributed by atoms with Gasteiger partial charge in [0.15, 0.2) is 11.5 Å². The highest BCUT2D eigenvalue weighted by Gasteiger charge is 2.12. The second-order valence-electron chi connectivity index (χ2n) is 6.29. The Kier molecular flexibility index (Phi) is 6.85. The zero-order chi connectivity index (χ0) is 19.1. The van der Waals surface area contributed by atoms with Crippen LogP contribution in [0.4, 0.5) is 0 Å². The molecule has 1 N–H and O–H groups in total. The van der Waals surface area contributed by atoms with Crippen molar-refractivity contribution >= 4 is 15.9 Å². The highest BCUT2D eigenvalue weighted by atomic mass is 79.9. The molecule has 0 bridgehead atoms. The lowest BCUT2D eigenvalue weighted by Gasteiger charge is -2.15. The summed E-state index contributed by atoms with van der Waals surface area (Å²) in [5.74, 6) is 1.44. The normalized spacial score (nSPS) is 10.6. The quantitative estimate of drug-likeness (QED) is 0.548. The monoisotopic (exact) mass is 426 g/mol. The zero-order valence-electron chi connectivity index (χ0n) is 15.5. The Morgan fingerprint density at radius 1 is 1.04 bits per heavy atom. The maximum absolute atomic E-state index is 6.05. The molecule has 140 valence electrons. The first-order valence-corrected chi connectivity index (χ1v) is 9.60. The Hall–Kier alpha value is -2.37. The van der Waals surface area contributed by atoms with E-state index in [2.05, 4.69) is 57.4 Å². The summed E-state index contributed by atoms with van der Waals surface area (Å²) in [7, 11) is 1.66. The van der Waals surface area contributed by atoms with Gasteiger partial charge in [-0.2, -0.15) is 0 Å². The van der Waals surface area contributed by atoms with Crippen molar-refractivity contribution in [1.82, 2.24) is 10.3 Å². The number of aromatic nitrogens is 1. The van der Waals surface area contributed by atoms with E-state index in [1.807, 2.05) is 30.5 Å². The molecule has 3 rings (SSSR count). The van der Waals surface area contributed by atoms with E-state index in [0.29, 0.717) is 6.61 Å². The lowest BCUT2D eigenvalue weighted by atomic mass is 10.1. The third kappa shape index (κ3) is 5.31. The Bertz CT molecular complexity index is 885. The van der Waals surface area contributed by atoms with Crippen molar-refractivity contribution in [3.63, 3.8) is 0 Å². The van der Waals surface area contributed by atoms with Gasteiger partial charge in [-0.15, -0.1) is 0 Å². The summed E-state index contributed by atoms with van der Waals surface area (Å²) in [6, 6.07) is 16.3. The lowest BCUT2D eigenvalue weighted by Crippen LogP contribution is -2.13. The molecular weight excluding hydrogens is 404 g/mol. The number of nitrogens with one attached hydrogen (secondary N) is 1. The van der Waals surface area contributed by atoms with Crippen molar-refractivity contribution in [2.45, 2.75) is 26.6 Å². The van der Waals surface area contributed by atoms with Gasteiger partial charge in [-0.3, -0.25) is 4.98 Å². The number of methoxy groups -OCH3 is 1. The van der Waals surface area contributed by atoms with E-state index in [-0.39, 0.29) is 0 Å². The van der Waals surface area contributed by atoms with Gasteiger partial charge in [-0.25, -0.2) is 0 Å². The van der Waals surface area contributed by atoms with Crippen LogP contribution in [0.1, 0.15) is 22.3 Å². The first-order chi connectivity index (χ1) is 13.2. The van der Waals surface area contributed by atoms with Crippen molar-refractivity contribution in [3.8, 4) is 11.5 Å². The first-order valence-electron chi connectivity index (χ1n) is 8.80. The van der Waals surface area contributed by atoms with Gasteiger partial charge in [-0.05, 0) is 63.3 Å². The summed E-state index contributed by atoms with van der Waals surface area (Å²) < 4.78 is 12.5. The van der Waals surface area contributed by atoms with Gasteiger partial charge in [0, 0.05) is 25.5 Å². The molecule has 1 aromatic heterocycles. The predicted molar refractivity (Wildman–Crippen MR) is 111 cm³/mol. The molecule has 0 unspecified atom stereocenters. The van der Waals surface area contributed by atoms with Crippen molar-refractivity contribution < 1.29 is 9.47 Å². The summed E-state index contributed by atoms with van der Waals surface area (Å²) in [6.45, 7) is 4.07. The largest absolute Gasteiger partial charge is 0.493 e. The third-order valence-electron chi connectivity index (χ3n) is 4.30. The molecule has 5 heteroatoms. The van der Waals surface area contributed by atoms with Crippen molar-refractivity contribution in [1.29, 1.82) is 0 Å². The average molecular weight is 427 g/mol. The molecule has 0 aliphatic heterocycles. The van der Waals surface area contributed by atoms with Gasteiger partial charge >= 0.3 is 0 Å². The zero-order valence-corrected chi connectivity index (χ0v) is 17.1. The Labute approximate surface area is 168 Å². The maximum Gasteiger partial charge on any atom is 0.175 e. The molecule has 4 nitrogen and oxygen atoms in total. The number of hydrogen-bond acceptors (Lipinski definition) is 4. The topological polar surface area (TPSA) is 43.4 Å². The van der Waals surface area contributed by atoms with Crippen LogP contribution >= 0.6 is 15.9 Å². The van der Waals surface area contributed by atoms with Crippen LogP contribution in [0.25, 0.3) is 0 Å². The van der Waals surface area contributed by atoms with Gasteiger partial charge in [0.1, 0.15) is 6.61 Å². The van der Waals surface area contributed by atoms with Gasteiger partial charge in [0.05, 0.1) is 11.6 Å². The number of aryl methyl sites for hydroxylation is 1. The molecule has 0 fully saturated rings. The van der Waals surface area contributed by atoms with Crippen molar-refractivity contribution in [3.05, 3.63) is 87.7 Å². The van der Waals surface area contributed by atoms with Gasteiger partial charge in [0.25, 0.3) is 0 Å². The second kappa shape index (κ2) is 9.53. The molecular formula is C22H23BrN2O2. The van der Waals surface area contributed by atoms with Crippen LogP contribution in [0, 0.1) is 6.92 Å². The fourth-order valence-corrected chi connectivity index (χ4v) is 3.40. The molecule has 0 atom stereocenters. The van der Waals surface area contributed by atoms with E-state index < -0.39 is 0 Å². The minimum absolute atomic E-state index is 0.500. The SMILES string of the molecule is COc1cc(CNCc2cccnc2)cc(Br)c1OCc1ccccc1C. The molecule has 0 radical (unpaired) electrons. The number of hydrogen-bond donors (Lipinski definition) is 1. The molecule has 0 saturated carbocycles. The third-order valence-corrected chi connectivity index (χ3v) is 4.89. The molecule has 0 spiro atoms. The van der Waals surface area contributed by atoms with E-state index in [4.69, 9.17) is 9.47 Å². The summed E-state index contributed by atoms with van der Waals surface area (Å²) in [6.07, 6.45) is 3.65. The minimum Gasteiger partial charge on any atom is -0.493 e. The van der Waals surface area contributed by atoms with Crippen LogP contribution in [0.15, 0.2) is 65.4 Å². The Balaban J connectivity index is 1.66. The number of halogens is 1. The molecule has 0 aliphatic rings. The van der Waals surface area contributed by atoms with E-state index in [1.54, 1.807) is 13.3 Å². The van der Waals surface area contributed by atoms with Crippen LogP contribution in [0.3, 0.4) is 0 Å². The molecule has 27 heavy (non-hydrogen) atoms. The Morgan fingerprint density at radius 2 is 1.85 bits per heavy atom. The van der Waals surface area contributed by atoms with Gasteiger partial charge < -0.3 is 14.8 Å². The summed E-state index contributed by atoms with van der Waals surface area (Å²) in [4.78, 5) is 4.13. The Morgan fingerprint density at radius 3 is 2.59 bits per heavy atom. The fraction of sp³-hybridized carbons (Fsp3) is 0.227. The van der Waals surface area contributed by atoms with Gasteiger partial charge in [-0.1, -0.05) is 30.3 Å². The highest BCUT2D eigenvalue weighted by Crippen LogP contribution is 2.37. The van der Waals surface area contributed by atoms with Crippen LogP contribution in [0.5, 0.6) is 11.5 Å². The summed E-state index contributed by atoms with van der Waals surface area (Å²) in [5, 5.41) is 3.42. The molecule has 3 aromatic rings. The second-order valence-corrected chi connectivity index (χ2v) is 7.14. The van der Waals surface area contributed by atoms with Crippen LogP contribution in [-0.2, 0) is 19.7 Å². The standard InChI is InChI=1S/C22H23BrN2O2/c1-16-6-3-4-8-19(16)15-27-22-20(23)10-18(11-21(22)26-2)14-25-13-17-7-5-9-24-12-17/h3-12,25H,13-15H2,1-2H3. The summed E-state index contributed by atoms with van der Waals surface area (Å²) >= 11 is 3.62. The van der Waals surface area contributed by atoms with Crippen molar-refractivity contribution in [2.75, 3.05) is 7.11 Å². The van der Waals surface area contributed by atoms with Gasteiger partial charge in [0.2, 0.25) is 0 Å². The van der Waals surface area contributed by atoms with Crippen molar-refractivity contribution in [2.24, 2.45) is 0 Å². The first kappa shape index (κ1) is 19.4. The smallest absolute Gasteiger partial charge is 0.175 e. The highest BCUT2D eigenvalue weighted by molar-refractivity contribution is 9.10. The molecule has 0 aliphatic carbocycles. The minimum atomic E-state index is 0.500. The van der Waals surface area contributed by atoms with E-state index in [9.17, 15) is 0 Å². The van der Waals surface area contributed by atoms with Crippen LogP contribution in [0.2, 0.25) is 0 Å². The van der Waals surface area contributed by atoms with E-state index in [1.165, 1.54) is 5.56 Å². The number of ether oxygens (including phenoxy) is 2. The predicted octanol–water partition coefficient (Wildman–Crippen LogP) is 5.03.